The Bertz CT molecular complexity index is 1460. The highest BCUT2D eigenvalue weighted by Gasteiger charge is 2.45. The van der Waals surface area contributed by atoms with Crippen LogP contribution >= 0.6 is 15.9 Å². The Morgan fingerprint density at radius 3 is 2.63 bits per heavy atom. The van der Waals surface area contributed by atoms with Gasteiger partial charge in [0.2, 0.25) is 5.78 Å². The van der Waals surface area contributed by atoms with E-state index in [0.717, 1.165) is 16.3 Å². The predicted molar refractivity (Wildman–Crippen MR) is 137 cm³/mol. The minimum atomic E-state index is -0.836. The van der Waals surface area contributed by atoms with Crippen molar-refractivity contribution in [3.8, 4) is 5.75 Å². The van der Waals surface area contributed by atoms with Crippen LogP contribution in [0.1, 0.15) is 35.5 Å². The van der Waals surface area contributed by atoms with Crippen molar-refractivity contribution < 1.29 is 23.8 Å². The smallest absolute Gasteiger partial charge is 0.294 e. The van der Waals surface area contributed by atoms with E-state index in [1.54, 1.807) is 30.3 Å². The van der Waals surface area contributed by atoms with Crippen LogP contribution in [0.3, 0.4) is 0 Å². The standard InChI is InChI=1S/C28H22BrNO5/c1-2-13-34-21-10-6-9-20(16-21)30-25(17-7-4-3-5-8-17)24(27(32)28(30)33)26(31)23-15-18-14-19(29)11-12-22(18)35-23/h3-12,14-16,25,32H,2,13H2,1H3. The summed E-state index contributed by atoms with van der Waals surface area (Å²) in [5, 5.41) is 11.7. The van der Waals surface area contributed by atoms with Gasteiger partial charge in [0.1, 0.15) is 11.3 Å². The Labute approximate surface area is 210 Å². The van der Waals surface area contributed by atoms with Crippen molar-refractivity contribution in [2.75, 3.05) is 11.5 Å². The molecule has 4 aromatic rings. The number of halogens is 1. The van der Waals surface area contributed by atoms with Crippen LogP contribution in [0, 0.1) is 0 Å². The number of aliphatic hydroxyl groups excluding tert-OH is 1. The van der Waals surface area contributed by atoms with Crippen molar-refractivity contribution in [3.05, 3.63) is 106 Å². The van der Waals surface area contributed by atoms with Gasteiger partial charge in [0, 0.05) is 21.6 Å². The number of amides is 1. The van der Waals surface area contributed by atoms with Crippen molar-refractivity contribution in [2.45, 2.75) is 19.4 Å². The number of ketones is 1. The van der Waals surface area contributed by atoms with Crippen molar-refractivity contribution in [1.29, 1.82) is 0 Å². The minimum Gasteiger partial charge on any atom is -0.503 e. The van der Waals surface area contributed by atoms with E-state index in [9.17, 15) is 14.7 Å². The molecule has 1 aliphatic rings. The molecule has 35 heavy (non-hydrogen) atoms. The Morgan fingerprint density at radius 1 is 1.06 bits per heavy atom. The van der Waals surface area contributed by atoms with Gasteiger partial charge in [0.05, 0.1) is 18.2 Å². The zero-order valence-electron chi connectivity index (χ0n) is 18.9. The number of hydrogen-bond donors (Lipinski definition) is 1. The summed E-state index contributed by atoms with van der Waals surface area (Å²) in [5.74, 6) is -1.14. The molecule has 0 fully saturated rings. The van der Waals surface area contributed by atoms with E-state index in [4.69, 9.17) is 9.15 Å². The van der Waals surface area contributed by atoms with Crippen molar-refractivity contribution in [2.24, 2.45) is 0 Å². The highest BCUT2D eigenvalue weighted by atomic mass is 79.9. The van der Waals surface area contributed by atoms with E-state index in [0.29, 0.717) is 29.2 Å². The monoisotopic (exact) mass is 531 g/mol. The fourth-order valence-electron chi connectivity index (χ4n) is 4.26. The number of fused-ring (bicyclic) bond motifs is 1. The van der Waals surface area contributed by atoms with Crippen LogP contribution in [0.4, 0.5) is 5.69 Å². The van der Waals surface area contributed by atoms with Crippen molar-refractivity contribution in [3.63, 3.8) is 0 Å². The number of carbonyl (C=O) groups excluding carboxylic acids is 2. The van der Waals surface area contributed by atoms with Crippen molar-refractivity contribution >= 4 is 44.3 Å². The zero-order valence-corrected chi connectivity index (χ0v) is 20.5. The fraction of sp³-hybridized carbons (Fsp3) is 0.143. The molecule has 176 valence electrons. The lowest BCUT2D eigenvalue weighted by Crippen LogP contribution is -2.31. The van der Waals surface area contributed by atoms with Crippen LogP contribution in [0.15, 0.2) is 99.1 Å². The van der Waals surface area contributed by atoms with Crippen LogP contribution in [0.5, 0.6) is 5.75 Å². The third kappa shape index (κ3) is 4.23. The third-order valence-corrected chi connectivity index (χ3v) is 6.33. The van der Waals surface area contributed by atoms with E-state index < -0.39 is 23.5 Å². The molecule has 2 heterocycles. The Kier molecular flexibility index (Phi) is 6.17. The van der Waals surface area contributed by atoms with Crippen LogP contribution in [-0.2, 0) is 4.79 Å². The van der Waals surface area contributed by atoms with Crippen LogP contribution in [0.2, 0.25) is 0 Å². The molecule has 0 bridgehead atoms. The molecule has 1 aromatic heterocycles. The molecule has 3 aromatic carbocycles. The maximum atomic E-state index is 13.7. The average Bonchev–Trinajstić information content (AvgIpc) is 3.41. The molecule has 0 saturated heterocycles. The first-order valence-electron chi connectivity index (χ1n) is 11.3. The van der Waals surface area contributed by atoms with E-state index in [2.05, 4.69) is 15.9 Å². The summed E-state index contributed by atoms with van der Waals surface area (Å²) in [7, 11) is 0. The number of nitrogens with zero attached hydrogens (tertiary/aromatic N) is 1. The molecule has 1 N–H and O–H groups in total. The van der Waals surface area contributed by atoms with Crippen LogP contribution in [0.25, 0.3) is 11.0 Å². The Hall–Kier alpha value is -3.84. The number of ether oxygens (including phenoxy) is 1. The van der Waals surface area contributed by atoms with Gasteiger partial charge < -0.3 is 14.3 Å². The molecule has 1 atom stereocenters. The quantitative estimate of drug-likeness (QED) is 0.266. The molecule has 0 saturated carbocycles. The summed E-state index contributed by atoms with van der Waals surface area (Å²) in [6, 6.07) is 22.4. The fourth-order valence-corrected chi connectivity index (χ4v) is 4.63. The molecule has 0 spiro atoms. The number of furan rings is 1. The maximum Gasteiger partial charge on any atom is 0.294 e. The highest BCUT2D eigenvalue weighted by Crippen LogP contribution is 2.43. The van der Waals surface area contributed by atoms with Gasteiger partial charge >= 0.3 is 0 Å². The van der Waals surface area contributed by atoms with Gasteiger partial charge in [0.25, 0.3) is 5.91 Å². The van der Waals surface area contributed by atoms with Gasteiger partial charge in [0.15, 0.2) is 11.5 Å². The maximum absolute atomic E-state index is 13.7. The minimum absolute atomic E-state index is 0.0285. The summed E-state index contributed by atoms with van der Waals surface area (Å²) in [6.45, 7) is 2.55. The number of anilines is 1. The topological polar surface area (TPSA) is 80.0 Å². The number of aliphatic hydroxyl groups is 1. The molecule has 6 nitrogen and oxygen atoms in total. The van der Waals surface area contributed by atoms with Gasteiger partial charge in [-0.05, 0) is 48.4 Å². The first-order valence-corrected chi connectivity index (χ1v) is 12.1. The first kappa shape index (κ1) is 22.9. The molecule has 1 aliphatic heterocycles. The number of benzene rings is 3. The van der Waals surface area contributed by atoms with Gasteiger partial charge in [-0.25, -0.2) is 0 Å². The average molecular weight is 532 g/mol. The van der Waals surface area contributed by atoms with Crippen LogP contribution < -0.4 is 9.64 Å². The zero-order chi connectivity index (χ0) is 24.5. The Morgan fingerprint density at radius 2 is 1.86 bits per heavy atom. The summed E-state index contributed by atoms with van der Waals surface area (Å²) in [6.07, 6.45) is 0.842. The largest absolute Gasteiger partial charge is 0.503 e. The van der Waals surface area contributed by atoms with E-state index in [1.165, 1.54) is 4.90 Å². The highest BCUT2D eigenvalue weighted by molar-refractivity contribution is 9.10. The molecule has 1 amide bonds. The summed E-state index contributed by atoms with van der Waals surface area (Å²) < 4.78 is 12.4. The number of rotatable bonds is 7. The normalized spacial score (nSPS) is 15.8. The lowest BCUT2D eigenvalue weighted by atomic mass is 9.95. The van der Waals surface area contributed by atoms with Gasteiger partial charge in [-0.1, -0.05) is 59.3 Å². The number of hydrogen-bond acceptors (Lipinski definition) is 5. The molecule has 0 aliphatic carbocycles. The summed E-state index contributed by atoms with van der Waals surface area (Å²) in [4.78, 5) is 28.5. The van der Waals surface area contributed by atoms with Gasteiger partial charge in [-0.2, -0.15) is 0 Å². The third-order valence-electron chi connectivity index (χ3n) is 5.84. The molecular weight excluding hydrogens is 510 g/mol. The van der Waals surface area contributed by atoms with E-state index in [1.807, 2.05) is 55.5 Å². The molecule has 1 unspecified atom stereocenters. The summed E-state index contributed by atoms with van der Waals surface area (Å²) in [5.41, 5.74) is 1.71. The predicted octanol–water partition coefficient (Wildman–Crippen LogP) is 6.77. The van der Waals surface area contributed by atoms with Crippen molar-refractivity contribution in [1.82, 2.24) is 0 Å². The van der Waals surface area contributed by atoms with E-state index in [-0.39, 0.29) is 11.3 Å². The Balaban J connectivity index is 1.61. The van der Waals surface area contributed by atoms with Crippen LogP contribution in [-0.4, -0.2) is 23.4 Å². The second kappa shape index (κ2) is 9.43. The van der Waals surface area contributed by atoms with Gasteiger partial charge in [-0.3, -0.25) is 14.5 Å². The van der Waals surface area contributed by atoms with Gasteiger partial charge in [-0.15, -0.1) is 0 Å². The second-order valence-electron chi connectivity index (χ2n) is 8.22. The second-order valence-corrected chi connectivity index (χ2v) is 9.13. The van der Waals surface area contributed by atoms with E-state index >= 15 is 0 Å². The SMILES string of the molecule is CCCOc1cccc(N2C(=O)C(O)=C(C(=O)c3cc4cc(Br)ccc4o3)C2c2ccccc2)c1. The molecular formula is C28H22BrNO5. The summed E-state index contributed by atoms with van der Waals surface area (Å²) >= 11 is 3.42. The number of Topliss-reactive ketones (excluding diaryl/α,β-unsaturated/α-hetero) is 1. The lowest BCUT2D eigenvalue weighted by molar-refractivity contribution is -0.117. The molecule has 0 radical (unpaired) electrons. The number of carbonyl (C=O) groups is 2. The molecule has 5 rings (SSSR count). The first-order chi connectivity index (χ1) is 17.0. The molecule has 7 heteroatoms. The lowest BCUT2D eigenvalue weighted by Gasteiger charge is -2.27.